The predicted octanol–water partition coefficient (Wildman–Crippen LogP) is 6.94. The standard InChI is InChI=1S/C35H35F4N7O4/c1-4-34(47)43-26-18-27(31(48-3)19-29(26)45-13-11-44(2)12-14-45)42-32-20-33(41-21-40-32)46-28(10-15-49-46)22-8-9-25(36)30(16-22)50-24-7-5-6-23(17-24)35(37,38)39/h4-9,16-21,28H,1,10-15H2,2-3H3,(H,43,47)(H,40,41,42). The molecular weight excluding hydrogens is 658 g/mol. The van der Waals surface area contributed by atoms with E-state index in [0.717, 1.165) is 44.0 Å². The first kappa shape index (κ1) is 34.5. The third-order valence-corrected chi connectivity index (χ3v) is 8.38. The smallest absolute Gasteiger partial charge is 0.416 e. The average Bonchev–Trinajstić information content (AvgIpc) is 3.60. The molecule has 15 heteroatoms. The average molecular weight is 694 g/mol. The van der Waals surface area contributed by atoms with Crippen LogP contribution in [0.4, 0.5) is 46.3 Å². The number of nitrogens with zero attached hydrogens (tertiary/aromatic N) is 5. The molecule has 1 unspecified atom stereocenters. The molecule has 11 nitrogen and oxygen atoms in total. The number of ether oxygens (including phenoxy) is 2. The van der Waals surface area contributed by atoms with Gasteiger partial charge in [0.05, 0.1) is 42.4 Å². The second kappa shape index (κ2) is 14.6. The maximum Gasteiger partial charge on any atom is 0.416 e. The minimum Gasteiger partial charge on any atom is -0.494 e. The van der Waals surface area contributed by atoms with E-state index < -0.39 is 23.6 Å². The Morgan fingerprint density at radius 3 is 2.56 bits per heavy atom. The fourth-order valence-electron chi connectivity index (χ4n) is 5.77. The fraction of sp³-hybridized carbons (Fsp3) is 0.286. The largest absolute Gasteiger partial charge is 0.494 e. The Balaban J connectivity index is 1.25. The number of carbonyl (C=O) groups is 1. The highest BCUT2D eigenvalue weighted by atomic mass is 19.4. The lowest BCUT2D eigenvalue weighted by Crippen LogP contribution is -2.44. The van der Waals surface area contributed by atoms with Gasteiger partial charge in [-0.25, -0.2) is 19.4 Å². The van der Waals surface area contributed by atoms with Gasteiger partial charge in [0.2, 0.25) is 5.91 Å². The molecule has 2 N–H and O–H groups in total. The van der Waals surface area contributed by atoms with Gasteiger partial charge in [0.15, 0.2) is 17.4 Å². The second-order valence-corrected chi connectivity index (χ2v) is 11.7. The summed E-state index contributed by atoms with van der Waals surface area (Å²) in [4.78, 5) is 31.5. The number of likely N-dealkylation sites (N-methyl/N-ethyl adjacent to an activating group) is 1. The van der Waals surface area contributed by atoms with E-state index in [1.54, 1.807) is 30.4 Å². The molecule has 0 saturated carbocycles. The summed E-state index contributed by atoms with van der Waals surface area (Å²) >= 11 is 0. The van der Waals surface area contributed by atoms with Crippen molar-refractivity contribution in [2.24, 2.45) is 0 Å². The number of rotatable bonds is 10. The first-order valence-corrected chi connectivity index (χ1v) is 15.8. The minimum atomic E-state index is -4.57. The number of piperazine rings is 1. The fourth-order valence-corrected chi connectivity index (χ4v) is 5.77. The highest BCUT2D eigenvalue weighted by Gasteiger charge is 2.32. The summed E-state index contributed by atoms with van der Waals surface area (Å²) in [6, 6.07) is 13.3. The highest BCUT2D eigenvalue weighted by Crippen LogP contribution is 2.41. The SMILES string of the molecule is C=CC(=O)Nc1cc(Nc2cc(N3OCCC3c3ccc(F)c(Oc4cccc(C(F)(F)F)c4)c3)ncn2)c(OC)cc1N1CCN(C)CC1. The van der Waals surface area contributed by atoms with E-state index in [4.69, 9.17) is 14.3 Å². The monoisotopic (exact) mass is 693 g/mol. The van der Waals surface area contributed by atoms with Crippen molar-refractivity contribution in [1.29, 1.82) is 0 Å². The molecule has 3 aromatic carbocycles. The van der Waals surface area contributed by atoms with E-state index in [1.807, 2.05) is 6.07 Å². The van der Waals surface area contributed by atoms with Gasteiger partial charge in [0.1, 0.15) is 23.6 Å². The molecule has 1 atom stereocenters. The van der Waals surface area contributed by atoms with E-state index in [1.165, 1.54) is 36.7 Å². The van der Waals surface area contributed by atoms with Gasteiger partial charge < -0.3 is 29.9 Å². The first-order valence-electron chi connectivity index (χ1n) is 15.8. The zero-order chi connectivity index (χ0) is 35.4. The van der Waals surface area contributed by atoms with Crippen molar-refractivity contribution in [2.45, 2.75) is 18.6 Å². The normalized spacial score (nSPS) is 16.6. The number of hydroxylamine groups is 1. The van der Waals surface area contributed by atoms with Crippen LogP contribution in [0.2, 0.25) is 0 Å². The Kier molecular flexibility index (Phi) is 10.1. The van der Waals surface area contributed by atoms with Gasteiger partial charge in [-0.1, -0.05) is 18.7 Å². The van der Waals surface area contributed by atoms with Gasteiger partial charge in [0.25, 0.3) is 0 Å². The van der Waals surface area contributed by atoms with Crippen LogP contribution in [-0.4, -0.2) is 67.7 Å². The Labute approximate surface area is 286 Å². The molecule has 6 rings (SSSR count). The van der Waals surface area contributed by atoms with Crippen LogP contribution in [0, 0.1) is 5.82 Å². The number of alkyl halides is 3. The predicted molar refractivity (Wildman–Crippen MR) is 181 cm³/mol. The zero-order valence-electron chi connectivity index (χ0n) is 27.3. The molecule has 2 aliphatic heterocycles. The summed E-state index contributed by atoms with van der Waals surface area (Å²) < 4.78 is 65.8. The van der Waals surface area contributed by atoms with Crippen molar-refractivity contribution in [2.75, 3.05) is 67.5 Å². The van der Waals surface area contributed by atoms with Crippen LogP contribution in [0.15, 0.2) is 79.6 Å². The third kappa shape index (κ3) is 7.74. The number of halogens is 4. The lowest BCUT2D eigenvalue weighted by molar-refractivity contribution is -0.137. The van der Waals surface area contributed by atoms with Crippen LogP contribution in [0.5, 0.6) is 17.2 Å². The summed E-state index contributed by atoms with van der Waals surface area (Å²) in [5.74, 6) is -0.174. The number of aromatic nitrogens is 2. The van der Waals surface area contributed by atoms with Gasteiger partial charge >= 0.3 is 6.18 Å². The van der Waals surface area contributed by atoms with E-state index in [-0.39, 0.29) is 17.4 Å². The molecule has 2 aliphatic rings. The first-order chi connectivity index (χ1) is 24.0. The maximum atomic E-state index is 14.8. The van der Waals surface area contributed by atoms with Crippen LogP contribution >= 0.6 is 0 Å². The summed E-state index contributed by atoms with van der Waals surface area (Å²) in [5.41, 5.74) is 1.60. The van der Waals surface area contributed by atoms with Crippen molar-refractivity contribution < 1.29 is 36.7 Å². The molecule has 2 saturated heterocycles. The zero-order valence-corrected chi connectivity index (χ0v) is 27.3. The molecular formula is C35H35F4N7O4. The van der Waals surface area contributed by atoms with Gasteiger partial charge in [0, 0.05) is 44.7 Å². The summed E-state index contributed by atoms with van der Waals surface area (Å²) in [6.07, 6.45) is -1.50. The van der Waals surface area contributed by atoms with Crippen LogP contribution in [0.25, 0.3) is 0 Å². The molecule has 1 amide bonds. The minimum absolute atomic E-state index is 0.152. The van der Waals surface area contributed by atoms with E-state index in [2.05, 4.69) is 44.0 Å². The number of amides is 1. The molecule has 4 aromatic rings. The number of hydrogen-bond acceptors (Lipinski definition) is 10. The van der Waals surface area contributed by atoms with Gasteiger partial charge in [-0.3, -0.25) is 9.63 Å². The Bertz CT molecular complexity index is 1870. The van der Waals surface area contributed by atoms with Crippen LogP contribution < -0.4 is 30.1 Å². The van der Waals surface area contributed by atoms with Crippen LogP contribution in [0.3, 0.4) is 0 Å². The molecule has 50 heavy (non-hydrogen) atoms. The number of anilines is 5. The van der Waals surface area contributed by atoms with E-state index >= 15 is 0 Å². The number of hydrogen-bond donors (Lipinski definition) is 2. The van der Waals surface area contributed by atoms with Crippen molar-refractivity contribution in [3.05, 3.63) is 96.6 Å². The topological polar surface area (TPSA) is 104 Å². The Morgan fingerprint density at radius 2 is 1.82 bits per heavy atom. The van der Waals surface area contributed by atoms with E-state index in [9.17, 15) is 22.4 Å². The van der Waals surface area contributed by atoms with Crippen LogP contribution in [0.1, 0.15) is 23.6 Å². The van der Waals surface area contributed by atoms with Crippen molar-refractivity contribution in [3.8, 4) is 17.2 Å². The lowest BCUT2D eigenvalue weighted by Gasteiger charge is -2.35. The number of nitrogens with one attached hydrogen (secondary N) is 2. The van der Waals surface area contributed by atoms with Gasteiger partial charge in [-0.05, 0) is 55.1 Å². The summed E-state index contributed by atoms with van der Waals surface area (Å²) in [6.45, 7) is 7.16. The number of methoxy groups -OCH3 is 1. The summed E-state index contributed by atoms with van der Waals surface area (Å²) in [7, 11) is 3.62. The molecule has 3 heterocycles. The summed E-state index contributed by atoms with van der Waals surface area (Å²) in [5, 5.41) is 7.73. The molecule has 0 bridgehead atoms. The second-order valence-electron chi connectivity index (χ2n) is 11.7. The number of benzene rings is 3. The number of carbonyl (C=O) groups excluding carboxylic acids is 1. The molecule has 0 radical (unpaired) electrons. The lowest BCUT2D eigenvalue weighted by atomic mass is 10.0. The molecule has 1 aromatic heterocycles. The Hall–Kier alpha value is -5.41. The molecule has 2 fully saturated rings. The third-order valence-electron chi connectivity index (χ3n) is 8.38. The Morgan fingerprint density at radius 1 is 1.02 bits per heavy atom. The van der Waals surface area contributed by atoms with E-state index in [0.29, 0.717) is 47.4 Å². The van der Waals surface area contributed by atoms with Crippen molar-refractivity contribution >= 4 is 34.6 Å². The van der Waals surface area contributed by atoms with Crippen LogP contribution in [-0.2, 0) is 15.8 Å². The highest BCUT2D eigenvalue weighted by molar-refractivity contribution is 6.02. The van der Waals surface area contributed by atoms with Crippen molar-refractivity contribution in [1.82, 2.24) is 14.9 Å². The van der Waals surface area contributed by atoms with Crippen molar-refractivity contribution in [3.63, 3.8) is 0 Å². The van der Waals surface area contributed by atoms with Gasteiger partial charge in [-0.2, -0.15) is 13.2 Å². The quantitative estimate of drug-likeness (QED) is 0.134. The maximum absolute atomic E-state index is 14.8. The van der Waals surface area contributed by atoms with Gasteiger partial charge in [-0.15, -0.1) is 0 Å². The molecule has 0 spiro atoms. The molecule has 0 aliphatic carbocycles. The molecule has 262 valence electrons.